The average Bonchev–Trinajstić information content (AvgIpc) is 3.16. The quantitative estimate of drug-likeness (QED) is 0.609. The second-order valence-corrected chi connectivity index (χ2v) is 6.26. The topological polar surface area (TPSA) is 54.2 Å². The molecule has 0 spiro atoms. The molecule has 6 heteroatoms. The average molecular weight is 319 g/mol. The molecule has 0 aliphatic heterocycles. The summed E-state index contributed by atoms with van der Waals surface area (Å²) in [5.41, 5.74) is 1.04. The second kappa shape index (κ2) is 8.58. The molecule has 0 aliphatic carbocycles. The number of rotatable bonds is 7. The van der Waals surface area contributed by atoms with E-state index in [1.807, 2.05) is 12.1 Å². The zero-order valence-corrected chi connectivity index (χ0v) is 14.4. The van der Waals surface area contributed by atoms with Crippen LogP contribution in [0.4, 0.5) is 0 Å². The predicted octanol–water partition coefficient (Wildman–Crippen LogP) is 2.82. The maximum absolute atomic E-state index is 4.61. The summed E-state index contributed by atoms with van der Waals surface area (Å²) in [6.07, 6.45) is 4.13. The largest absolute Gasteiger partial charge is 0.357 e. The standard InChI is InChI=1S/C16H25N5S/c1-4-17-16(18-7-10-21-8-5-6-9-21)19-11-14-12-22-15(20-14)13(2)3/h5-6,8-9,12-13H,4,7,10-11H2,1-3H3,(H2,17,18,19). The molecule has 0 unspecified atom stereocenters. The van der Waals surface area contributed by atoms with Crippen LogP contribution in [0.25, 0.3) is 0 Å². The Bertz CT molecular complexity index is 571. The Kier molecular flexibility index (Phi) is 6.45. The van der Waals surface area contributed by atoms with Gasteiger partial charge in [-0.3, -0.25) is 0 Å². The zero-order valence-electron chi connectivity index (χ0n) is 13.5. The van der Waals surface area contributed by atoms with Gasteiger partial charge in [0.25, 0.3) is 0 Å². The number of guanidine groups is 1. The van der Waals surface area contributed by atoms with E-state index in [0.717, 1.165) is 31.3 Å². The van der Waals surface area contributed by atoms with Crippen molar-refractivity contribution in [2.75, 3.05) is 13.1 Å². The van der Waals surface area contributed by atoms with Crippen LogP contribution in [0.1, 0.15) is 37.4 Å². The van der Waals surface area contributed by atoms with Crippen LogP contribution in [0.15, 0.2) is 34.9 Å². The van der Waals surface area contributed by atoms with E-state index in [9.17, 15) is 0 Å². The first-order valence-electron chi connectivity index (χ1n) is 7.76. The van der Waals surface area contributed by atoms with E-state index in [-0.39, 0.29) is 0 Å². The Morgan fingerprint density at radius 3 is 2.73 bits per heavy atom. The van der Waals surface area contributed by atoms with Gasteiger partial charge in [0.1, 0.15) is 0 Å². The highest BCUT2D eigenvalue weighted by atomic mass is 32.1. The maximum atomic E-state index is 4.61. The molecule has 5 nitrogen and oxygen atoms in total. The molecule has 0 radical (unpaired) electrons. The van der Waals surface area contributed by atoms with Crippen LogP contribution in [-0.4, -0.2) is 28.6 Å². The lowest BCUT2D eigenvalue weighted by Crippen LogP contribution is -2.38. The van der Waals surface area contributed by atoms with E-state index < -0.39 is 0 Å². The fourth-order valence-electron chi connectivity index (χ4n) is 1.98. The van der Waals surface area contributed by atoms with E-state index in [0.29, 0.717) is 12.5 Å². The smallest absolute Gasteiger partial charge is 0.191 e. The van der Waals surface area contributed by atoms with Crippen LogP contribution < -0.4 is 10.6 Å². The Hall–Kier alpha value is -1.82. The molecule has 0 aliphatic rings. The van der Waals surface area contributed by atoms with Gasteiger partial charge in [-0.2, -0.15) is 0 Å². The van der Waals surface area contributed by atoms with Crippen molar-refractivity contribution < 1.29 is 0 Å². The van der Waals surface area contributed by atoms with Gasteiger partial charge in [0, 0.05) is 43.3 Å². The molecular formula is C16H25N5S. The number of nitrogens with one attached hydrogen (secondary N) is 2. The molecule has 0 saturated heterocycles. The van der Waals surface area contributed by atoms with Crippen LogP contribution in [0.5, 0.6) is 0 Å². The highest BCUT2D eigenvalue weighted by molar-refractivity contribution is 7.09. The summed E-state index contributed by atoms with van der Waals surface area (Å²) in [5, 5.41) is 9.90. The zero-order chi connectivity index (χ0) is 15.8. The van der Waals surface area contributed by atoms with Gasteiger partial charge in [-0.25, -0.2) is 9.98 Å². The van der Waals surface area contributed by atoms with Gasteiger partial charge < -0.3 is 15.2 Å². The molecular weight excluding hydrogens is 294 g/mol. The van der Waals surface area contributed by atoms with Gasteiger partial charge >= 0.3 is 0 Å². The van der Waals surface area contributed by atoms with Crippen LogP contribution in [-0.2, 0) is 13.1 Å². The second-order valence-electron chi connectivity index (χ2n) is 5.37. The van der Waals surface area contributed by atoms with Gasteiger partial charge in [-0.1, -0.05) is 13.8 Å². The predicted molar refractivity (Wildman–Crippen MR) is 93.5 cm³/mol. The van der Waals surface area contributed by atoms with Gasteiger partial charge in [0.2, 0.25) is 0 Å². The summed E-state index contributed by atoms with van der Waals surface area (Å²) in [7, 11) is 0. The van der Waals surface area contributed by atoms with Crippen molar-refractivity contribution in [2.24, 2.45) is 4.99 Å². The van der Waals surface area contributed by atoms with Crippen LogP contribution in [0.2, 0.25) is 0 Å². The molecule has 2 heterocycles. The van der Waals surface area contributed by atoms with E-state index in [1.54, 1.807) is 11.3 Å². The van der Waals surface area contributed by atoms with E-state index in [4.69, 9.17) is 0 Å². The maximum Gasteiger partial charge on any atom is 0.191 e. The fourth-order valence-corrected chi connectivity index (χ4v) is 2.81. The van der Waals surface area contributed by atoms with Crippen LogP contribution >= 0.6 is 11.3 Å². The van der Waals surface area contributed by atoms with Crippen molar-refractivity contribution in [2.45, 2.75) is 39.8 Å². The van der Waals surface area contributed by atoms with Crippen molar-refractivity contribution >= 4 is 17.3 Å². The summed E-state index contributed by atoms with van der Waals surface area (Å²) in [4.78, 5) is 9.22. The number of aliphatic imine (C=N–C) groups is 1. The third-order valence-electron chi connectivity index (χ3n) is 3.14. The summed E-state index contributed by atoms with van der Waals surface area (Å²) >= 11 is 1.71. The summed E-state index contributed by atoms with van der Waals surface area (Å²) in [6, 6.07) is 4.07. The highest BCUT2D eigenvalue weighted by Gasteiger charge is 2.05. The third-order valence-corrected chi connectivity index (χ3v) is 4.33. The first-order chi connectivity index (χ1) is 10.7. The molecule has 0 amide bonds. The van der Waals surface area contributed by atoms with Crippen molar-refractivity contribution in [3.63, 3.8) is 0 Å². The first-order valence-corrected chi connectivity index (χ1v) is 8.64. The molecule has 2 aromatic rings. The highest BCUT2D eigenvalue weighted by Crippen LogP contribution is 2.19. The number of aromatic nitrogens is 2. The lowest BCUT2D eigenvalue weighted by molar-refractivity contribution is 0.665. The summed E-state index contributed by atoms with van der Waals surface area (Å²) < 4.78 is 2.14. The minimum atomic E-state index is 0.482. The molecule has 0 aromatic carbocycles. The number of hydrogen-bond donors (Lipinski definition) is 2. The Labute approximate surface area is 136 Å². The molecule has 0 saturated carbocycles. The summed E-state index contributed by atoms with van der Waals surface area (Å²) in [5.74, 6) is 1.32. The van der Waals surface area contributed by atoms with Crippen LogP contribution in [0, 0.1) is 0 Å². The van der Waals surface area contributed by atoms with E-state index >= 15 is 0 Å². The third kappa shape index (κ3) is 5.18. The SMILES string of the molecule is CCNC(=NCc1csc(C(C)C)n1)NCCn1cccc1. The minimum absolute atomic E-state index is 0.482. The molecule has 0 atom stereocenters. The van der Waals surface area contributed by atoms with Crippen molar-refractivity contribution in [1.82, 2.24) is 20.2 Å². The number of hydrogen-bond acceptors (Lipinski definition) is 3. The normalized spacial score (nSPS) is 11.9. The lowest BCUT2D eigenvalue weighted by atomic mass is 10.2. The number of nitrogens with zero attached hydrogens (tertiary/aromatic N) is 3. The first kappa shape index (κ1) is 16.5. The molecule has 0 bridgehead atoms. The number of thiazole rings is 1. The molecule has 0 fully saturated rings. The van der Waals surface area contributed by atoms with E-state index in [2.05, 4.69) is 63.7 Å². The lowest BCUT2D eigenvalue weighted by Gasteiger charge is -2.11. The molecule has 2 aromatic heterocycles. The monoisotopic (exact) mass is 319 g/mol. The molecule has 22 heavy (non-hydrogen) atoms. The van der Waals surface area contributed by atoms with Crippen LogP contribution in [0.3, 0.4) is 0 Å². The van der Waals surface area contributed by atoms with Crippen molar-refractivity contribution in [3.8, 4) is 0 Å². The summed E-state index contributed by atoms with van der Waals surface area (Å²) in [6.45, 7) is 9.63. The van der Waals surface area contributed by atoms with Crippen molar-refractivity contribution in [3.05, 3.63) is 40.6 Å². The van der Waals surface area contributed by atoms with Gasteiger partial charge in [0.15, 0.2) is 5.96 Å². The van der Waals surface area contributed by atoms with Gasteiger partial charge in [-0.15, -0.1) is 11.3 Å². The minimum Gasteiger partial charge on any atom is -0.357 e. The van der Waals surface area contributed by atoms with E-state index in [1.165, 1.54) is 5.01 Å². The molecule has 2 rings (SSSR count). The fraction of sp³-hybridized carbons (Fsp3) is 0.500. The van der Waals surface area contributed by atoms with Crippen molar-refractivity contribution in [1.29, 1.82) is 0 Å². The Morgan fingerprint density at radius 1 is 1.32 bits per heavy atom. The Morgan fingerprint density at radius 2 is 2.09 bits per heavy atom. The molecule has 120 valence electrons. The molecule has 2 N–H and O–H groups in total. The Balaban J connectivity index is 1.85. The van der Waals surface area contributed by atoms with Gasteiger partial charge in [-0.05, 0) is 19.1 Å². The van der Waals surface area contributed by atoms with Gasteiger partial charge in [0.05, 0.1) is 17.2 Å².